The minimum absolute atomic E-state index is 0.0742. The molecule has 2 atom stereocenters. The molecule has 2 aromatic carbocycles. The molecule has 1 amide bonds. The summed E-state index contributed by atoms with van der Waals surface area (Å²) in [6, 6.07) is 11.6. The van der Waals surface area contributed by atoms with Crippen LogP contribution in [-0.4, -0.2) is 57.7 Å². The fraction of sp³-hybridized carbons (Fsp3) is 0.333. The second-order valence-electron chi connectivity index (χ2n) is 7.38. The Balaban J connectivity index is 2.12. The Hall–Kier alpha value is -3.19. The molecular weight excluding hydrogens is 477 g/mol. The lowest BCUT2D eigenvalue weighted by atomic mass is 9.91. The Bertz CT molecular complexity index is 1070. The van der Waals surface area contributed by atoms with E-state index in [1.165, 1.54) is 61.7 Å². The number of hydrogen-bond acceptors (Lipinski definition) is 5. The van der Waals surface area contributed by atoms with Gasteiger partial charge in [0.25, 0.3) is 5.91 Å². The average molecular weight is 494 g/mol. The Morgan fingerprint density at radius 2 is 1.59 bits per heavy atom. The fourth-order valence-corrected chi connectivity index (χ4v) is 3.29. The standard InChI is InChI=1S/C21H17F7N2O4/c1-34-14-9-7-12(8-10-14)15-11-18(33,19(22,23)20(24,25)21(26,27)28)30(29-15)17(32)16(31)13-5-3-2-4-6-13/h2-10,16,31,33H,11H2,1H3/t16-,18+/m1/s1. The molecule has 184 valence electrons. The average Bonchev–Trinajstić information content (AvgIpc) is 3.17. The quantitative estimate of drug-likeness (QED) is 0.598. The lowest BCUT2D eigenvalue weighted by Gasteiger charge is -2.41. The van der Waals surface area contributed by atoms with Gasteiger partial charge in [-0.2, -0.15) is 40.8 Å². The third-order valence-corrected chi connectivity index (χ3v) is 5.22. The van der Waals surface area contributed by atoms with E-state index in [4.69, 9.17) is 4.74 Å². The molecule has 13 heteroatoms. The second kappa shape index (κ2) is 8.55. The second-order valence-corrected chi connectivity index (χ2v) is 7.38. The van der Waals surface area contributed by atoms with Crippen LogP contribution >= 0.6 is 0 Å². The van der Waals surface area contributed by atoms with Gasteiger partial charge in [0.15, 0.2) is 6.10 Å². The van der Waals surface area contributed by atoms with E-state index in [1.54, 1.807) is 0 Å². The number of alkyl halides is 7. The number of carbonyl (C=O) groups is 1. The van der Waals surface area contributed by atoms with Crippen molar-refractivity contribution in [2.75, 3.05) is 7.11 Å². The van der Waals surface area contributed by atoms with Gasteiger partial charge in [-0.25, -0.2) is 0 Å². The molecule has 0 radical (unpaired) electrons. The number of aliphatic hydroxyl groups excluding tert-OH is 1. The zero-order valence-electron chi connectivity index (χ0n) is 17.2. The minimum atomic E-state index is -6.78. The minimum Gasteiger partial charge on any atom is -0.497 e. The number of carbonyl (C=O) groups excluding carboxylic acids is 1. The summed E-state index contributed by atoms with van der Waals surface area (Å²) < 4.78 is 101. The summed E-state index contributed by atoms with van der Waals surface area (Å²) in [6.07, 6.45) is -10.7. The number of methoxy groups -OCH3 is 1. The Labute approximate surface area is 187 Å². The van der Waals surface area contributed by atoms with Crippen molar-refractivity contribution >= 4 is 11.6 Å². The lowest BCUT2D eigenvalue weighted by molar-refractivity contribution is -0.401. The van der Waals surface area contributed by atoms with E-state index in [1.807, 2.05) is 0 Å². The molecule has 0 saturated heterocycles. The van der Waals surface area contributed by atoms with Crippen LogP contribution in [0.25, 0.3) is 0 Å². The molecule has 1 aliphatic heterocycles. The van der Waals surface area contributed by atoms with Crippen molar-refractivity contribution in [1.29, 1.82) is 0 Å². The number of rotatable bonds is 6. The molecule has 0 saturated carbocycles. The largest absolute Gasteiger partial charge is 0.497 e. The van der Waals surface area contributed by atoms with Crippen molar-refractivity contribution in [3.8, 4) is 5.75 Å². The summed E-state index contributed by atoms with van der Waals surface area (Å²) in [7, 11) is 1.31. The van der Waals surface area contributed by atoms with Crippen molar-refractivity contribution < 1.29 is 50.5 Å². The van der Waals surface area contributed by atoms with Crippen LogP contribution in [0.5, 0.6) is 5.75 Å². The molecular formula is C21H17F7N2O4. The lowest BCUT2D eigenvalue weighted by Crippen LogP contribution is -2.69. The van der Waals surface area contributed by atoms with E-state index >= 15 is 0 Å². The van der Waals surface area contributed by atoms with Crippen LogP contribution in [0.1, 0.15) is 23.7 Å². The molecule has 0 aromatic heterocycles. The van der Waals surface area contributed by atoms with Gasteiger partial charge in [0.05, 0.1) is 12.8 Å². The predicted octanol–water partition coefficient (Wildman–Crippen LogP) is 3.89. The van der Waals surface area contributed by atoms with Crippen molar-refractivity contribution in [2.45, 2.75) is 36.3 Å². The first-order valence-corrected chi connectivity index (χ1v) is 9.51. The van der Waals surface area contributed by atoms with Crippen LogP contribution < -0.4 is 4.74 Å². The normalized spacial score (nSPS) is 20.2. The topological polar surface area (TPSA) is 82.4 Å². The van der Waals surface area contributed by atoms with Crippen molar-refractivity contribution in [2.24, 2.45) is 5.10 Å². The number of amides is 1. The monoisotopic (exact) mass is 494 g/mol. The molecule has 0 bridgehead atoms. The molecule has 0 spiro atoms. The molecule has 1 aliphatic rings. The first kappa shape index (κ1) is 25.4. The number of hydrogen-bond donors (Lipinski definition) is 2. The van der Waals surface area contributed by atoms with E-state index in [9.17, 15) is 45.7 Å². The summed E-state index contributed by atoms with van der Waals surface area (Å²) in [4.78, 5) is 12.8. The fourth-order valence-electron chi connectivity index (χ4n) is 3.29. The number of halogens is 7. The smallest absolute Gasteiger partial charge is 0.460 e. The maximum Gasteiger partial charge on any atom is 0.460 e. The summed E-state index contributed by atoms with van der Waals surface area (Å²) >= 11 is 0. The maximum absolute atomic E-state index is 14.8. The molecule has 1 heterocycles. The summed E-state index contributed by atoms with van der Waals surface area (Å²) in [6.45, 7) is 0. The summed E-state index contributed by atoms with van der Waals surface area (Å²) in [5.41, 5.74) is -5.34. The highest BCUT2D eigenvalue weighted by Gasteiger charge is 2.82. The van der Waals surface area contributed by atoms with Crippen molar-refractivity contribution in [3.63, 3.8) is 0 Å². The predicted molar refractivity (Wildman–Crippen MR) is 103 cm³/mol. The number of hydrazone groups is 1. The molecule has 6 nitrogen and oxygen atoms in total. The van der Waals surface area contributed by atoms with Crippen LogP contribution in [0.2, 0.25) is 0 Å². The van der Waals surface area contributed by atoms with Crippen LogP contribution in [0.4, 0.5) is 30.7 Å². The highest BCUT2D eigenvalue weighted by atomic mass is 19.4. The summed E-state index contributed by atoms with van der Waals surface area (Å²) in [5, 5.41) is 23.7. The third-order valence-electron chi connectivity index (χ3n) is 5.22. The van der Waals surface area contributed by atoms with E-state index in [-0.39, 0.29) is 11.1 Å². The van der Waals surface area contributed by atoms with Gasteiger partial charge in [0, 0.05) is 6.42 Å². The highest BCUT2D eigenvalue weighted by molar-refractivity contribution is 6.04. The number of ether oxygens (including phenoxy) is 1. The van der Waals surface area contributed by atoms with Gasteiger partial charge in [-0.1, -0.05) is 30.3 Å². The van der Waals surface area contributed by atoms with Gasteiger partial charge in [-0.05, 0) is 35.4 Å². The van der Waals surface area contributed by atoms with Gasteiger partial charge in [-0.3, -0.25) is 4.79 Å². The first-order valence-electron chi connectivity index (χ1n) is 9.51. The van der Waals surface area contributed by atoms with Gasteiger partial charge >= 0.3 is 18.0 Å². The number of benzene rings is 2. The Kier molecular flexibility index (Phi) is 6.39. The summed E-state index contributed by atoms with van der Waals surface area (Å²) in [5.74, 6) is -14.6. The Morgan fingerprint density at radius 3 is 2.09 bits per heavy atom. The number of nitrogens with zero attached hydrogens (tertiary/aromatic N) is 2. The van der Waals surface area contributed by atoms with Gasteiger partial charge in [0.2, 0.25) is 5.72 Å². The Morgan fingerprint density at radius 1 is 1.03 bits per heavy atom. The van der Waals surface area contributed by atoms with Crippen molar-refractivity contribution in [3.05, 3.63) is 65.7 Å². The van der Waals surface area contributed by atoms with Crippen LogP contribution in [0.3, 0.4) is 0 Å². The SMILES string of the molecule is COc1ccc(C2=NN(C(=O)[C@H](O)c3ccccc3)[C@@](O)(C(F)(F)C(F)(F)C(F)(F)F)C2)cc1. The molecule has 34 heavy (non-hydrogen) atoms. The number of aliphatic hydroxyl groups is 2. The molecule has 0 aliphatic carbocycles. The molecule has 3 rings (SSSR count). The van der Waals surface area contributed by atoms with Gasteiger partial charge in [0.1, 0.15) is 5.75 Å². The maximum atomic E-state index is 14.8. The first-order chi connectivity index (χ1) is 15.7. The van der Waals surface area contributed by atoms with E-state index in [2.05, 4.69) is 5.10 Å². The van der Waals surface area contributed by atoms with E-state index in [0.29, 0.717) is 5.75 Å². The zero-order chi connectivity index (χ0) is 25.5. The van der Waals surface area contributed by atoms with Crippen LogP contribution in [-0.2, 0) is 4.79 Å². The van der Waals surface area contributed by atoms with Gasteiger partial charge in [-0.15, -0.1) is 0 Å². The van der Waals surface area contributed by atoms with Crippen LogP contribution in [0, 0.1) is 0 Å². The molecule has 2 aromatic rings. The molecule has 0 fully saturated rings. The van der Waals surface area contributed by atoms with E-state index < -0.39 is 52.9 Å². The molecule has 0 unspecified atom stereocenters. The zero-order valence-corrected chi connectivity index (χ0v) is 17.2. The highest BCUT2D eigenvalue weighted by Crippen LogP contribution is 2.55. The van der Waals surface area contributed by atoms with E-state index in [0.717, 1.165) is 0 Å². The van der Waals surface area contributed by atoms with Crippen LogP contribution in [0.15, 0.2) is 59.7 Å². The molecule has 2 N–H and O–H groups in total. The third kappa shape index (κ3) is 3.98. The van der Waals surface area contributed by atoms with Gasteiger partial charge < -0.3 is 14.9 Å². The van der Waals surface area contributed by atoms with Crippen molar-refractivity contribution in [1.82, 2.24) is 5.01 Å².